The van der Waals surface area contributed by atoms with Crippen molar-refractivity contribution >= 4 is 17.3 Å². The molecule has 26 heavy (non-hydrogen) atoms. The third-order valence-electron chi connectivity index (χ3n) is 4.44. The SMILES string of the molecule is COc1ccc(N2CCN(C(=O)c3cncc(NC(C)C)c3)CC2)cc1. The highest BCUT2D eigenvalue weighted by Crippen LogP contribution is 2.21. The molecule has 6 nitrogen and oxygen atoms in total. The molecule has 1 aromatic heterocycles. The molecule has 1 N–H and O–H groups in total. The Hall–Kier alpha value is -2.76. The molecule has 1 amide bonds. The van der Waals surface area contributed by atoms with Crippen LogP contribution in [0.4, 0.5) is 11.4 Å². The van der Waals surface area contributed by atoms with E-state index in [1.807, 2.05) is 23.1 Å². The van der Waals surface area contributed by atoms with E-state index >= 15 is 0 Å². The number of carbonyl (C=O) groups is 1. The normalized spacial score (nSPS) is 14.5. The minimum Gasteiger partial charge on any atom is -0.497 e. The van der Waals surface area contributed by atoms with E-state index in [-0.39, 0.29) is 5.91 Å². The molecule has 138 valence electrons. The molecule has 1 aliphatic heterocycles. The number of nitrogens with one attached hydrogen (secondary N) is 1. The third kappa shape index (κ3) is 4.25. The second kappa shape index (κ2) is 8.08. The van der Waals surface area contributed by atoms with Crippen LogP contribution in [-0.4, -0.2) is 55.1 Å². The number of pyridine rings is 1. The number of hydrogen-bond donors (Lipinski definition) is 1. The Morgan fingerprint density at radius 2 is 1.81 bits per heavy atom. The van der Waals surface area contributed by atoms with E-state index < -0.39 is 0 Å². The smallest absolute Gasteiger partial charge is 0.255 e. The van der Waals surface area contributed by atoms with Gasteiger partial charge in [-0.05, 0) is 44.2 Å². The first-order valence-electron chi connectivity index (χ1n) is 8.96. The Balaban J connectivity index is 1.61. The highest BCUT2D eigenvalue weighted by atomic mass is 16.5. The Labute approximate surface area is 154 Å². The van der Waals surface area contributed by atoms with Gasteiger partial charge in [0, 0.05) is 50.3 Å². The maximum absolute atomic E-state index is 12.8. The molecule has 6 heteroatoms. The van der Waals surface area contributed by atoms with Gasteiger partial charge in [-0.2, -0.15) is 0 Å². The van der Waals surface area contributed by atoms with Crippen LogP contribution in [0.3, 0.4) is 0 Å². The fourth-order valence-corrected chi connectivity index (χ4v) is 3.11. The number of piperazine rings is 1. The standard InChI is InChI=1S/C20H26N4O2/c1-15(2)22-17-12-16(13-21-14-17)20(25)24-10-8-23(9-11-24)18-4-6-19(26-3)7-5-18/h4-7,12-15,22H,8-11H2,1-3H3. The monoisotopic (exact) mass is 354 g/mol. The summed E-state index contributed by atoms with van der Waals surface area (Å²) >= 11 is 0. The topological polar surface area (TPSA) is 57.7 Å². The molecule has 0 atom stereocenters. The molecule has 0 bridgehead atoms. The van der Waals surface area contributed by atoms with E-state index in [2.05, 4.69) is 41.2 Å². The van der Waals surface area contributed by atoms with Crippen molar-refractivity contribution in [3.63, 3.8) is 0 Å². The van der Waals surface area contributed by atoms with Gasteiger partial charge in [0.15, 0.2) is 0 Å². The summed E-state index contributed by atoms with van der Waals surface area (Å²) in [4.78, 5) is 21.2. The molecule has 3 rings (SSSR count). The summed E-state index contributed by atoms with van der Waals surface area (Å²) in [5.74, 6) is 0.893. The minimum atomic E-state index is 0.0410. The van der Waals surface area contributed by atoms with Gasteiger partial charge in [-0.25, -0.2) is 0 Å². The fourth-order valence-electron chi connectivity index (χ4n) is 3.11. The van der Waals surface area contributed by atoms with Crippen molar-refractivity contribution in [2.75, 3.05) is 43.5 Å². The summed E-state index contributed by atoms with van der Waals surface area (Å²) in [6.07, 6.45) is 3.39. The van der Waals surface area contributed by atoms with Gasteiger partial charge >= 0.3 is 0 Å². The number of rotatable bonds is 5. The van der Waals surface area contributed by atoms with Crippen LogP contribution in [0.1, 0.15) is 24.2 Å². The van der Waals surface area contributed by atoms with Crippen molar-refractivity contribution in [2.45, 2.75) is 19.9 Å². The van der Waals surface area contributed by atoms with Gasteiger partial charge in [0.2, 0.25) is 0 Å². The quantitative estimate of drug-likeness (QED) is 0.895. The highest BCUT2D eigenvalue weighted by Gasteiger charge is 2.22. The van der Waals surface area contributed by atoms with Crippen LogP contribution >= 0.6 is 0 Å². The molecule has 0 spiro atoms. The molecule has 0 aliphatic carbocycles. The summed E-state index contributed by atoms with van der Waals surface area (Å²) < 4.78 is 5.21. The lowest BCUT2D eigenvalue weighted by molar-refractivity contribution is 0.0746. The number of aromatic nitrogens is 1. The summed E-state index contributed by atoms with van der Waals surface area (Å²) in [5.41, 5.74) is 2.67. The van der Waals surface area contributed by atoms with E-state index in [1.54, 1.807) is 19.5 Å². The molecule has 1 aromatic carbocycles. The number of anilines is 2. The summed E-state index contributed by atoms with van der Waals surface area (Å²) in [5, 5.41) is 3.29. The van der Waals surface area contributed by atoms with Crippen molar-refractivity contribution in [2.24, 2.45) is 0 Å². The zero-order valence-electron chi connectivity index (χ0n) is 15.6. The highest BCUT2D eigenvalue weighted by molar-refractivity contribution is 5.95. The van der Waals surface area contributed by atoms with Gasteiger partial charge in [0.1, 0.15) is 5.75 Å². The lowest BCUT2D eigenvalue weighted by Gasteiger charge is -2.36. The number of carbonyl (C=O) groups excluding carboxylic acids is 1. The number of benzene rings is 1. The van der Waals surface area contributed by atoms with Crippen molar-refractivity contribution in [1.29, 1.82) is 0 Å². The van der Waals surface area contributed by atoms with Gasteiger partial charge < -0.3 is 19.9 Å². The molecule has 1 aliphatic rings. The van der Waals surface area contributed by atoms with Gasteiger partial charge in [-0.3, -0.25) is 9.78 Å². The molecule has 2 heterocycles. The summed E-state index contributed by atoms with van der Waals surface area (Å²) in [7, 11) is 1.67. The number of ether oxygens (including phenoxy) is 1. The van der Waals surface area contributed by atoms with Crippen LogP contribution in [0.25, 0.3) is 0 Å². The van der Waals surface area contributed by atoms with Crippen LogP contribution in [0.5, 0.6) is 5.75 Å². The van der Waals surface area contributed by atoms with Crippen molar-refractivity contribution < 1.29 is 9.53 Å². The van der Waals surface area contributed by atoms with Crippen molar-refractivity contribution in [1.82, 2.24) is 9.88 Å². The van der Waals surface area contributed by atoms with Crippen LogP contribution in [0.15, 0.2) is 42.7 Å². The van der Waals surface area contributed by atoms with Crippen LogP contribution in [0, 0.1) is 0 Å². The average Bonchev–Trinajstić information content (AvgIpc) is 2.67. The van der Waals surface area contributed by atoms with Crippen LogP contribution < -0.4 is 15.0 Å². The molecule has 1 saturated heterocycles. The second-order valence-electron chi connectivity index (χ2n) is 6.74. The Bertz CT molecular complexity index is 738. The largest absolute Gasteiger partial charge is 0.497 e. The predicted octanol–water partition coefficient (Wildman–Crippen LogP) is 2.87. The van der Waals surface area contributed by atoms with Crippen LogP contribution in [-0.2, 0) is 0 Å². The van der Waals surface area contributed by atoms with Crippen LogP contribution in [0.2, 0.25) is 0 Å². The summed E-state index contributed by atoms with van der Waals surface area (Å²) in [6.45, 7) is 7.16. The second-order valence-corrected chi connectivity index (χ2v) is 6.74. The number of hydrogen-bond acceptors (Lipinski definition) is 5. The number of nitrogens with zero attached hydrogens (tertiary/aromatic N) is 3. The zero-order valence-corrected chi connectivity index (χ0v) is 15.6. The number of methoxy groups -OCH3 is 1. The molecule has 1 fully saturated rings. The average molecular weight is 354 g/mol. The Morgan fingerprint density at radius 3 is 2.42 bits per heavy atom. The van der Waals surface area contributed by atoms with Crippen molar-refractivity contribution in [3.05, 3.63) is 48.3 Å². The molecule has 2 aromatic rings. The van der Waals surface area contributed by atoms with Gasteiger partial charge in [-0.15, -0.1) is 0 Å². The predicted molar refractivity (Wildman–Crippen MR) is 104 cm³/mol. The van der Waals surface area contributed by atoms with E-state index in [1.165, 1.54) is 0 Å². The Morgan fingerprint density at radius 1 is 1.12 bits per heavy atom. The van der Waals surface area contributed by atoms with Gasteiger partial charge in [0.05, 0.1) is 18.4 Å². The van der Waals surface area contributed by atoms with Gasteiger partial charge in [-0.1, -0.05) is 0 Å². The first kappa shape index (κ1) is 18.0. The minimum absolute atomic E-state index is 0.0410. The summed E-state index contributed by atoms with van der Waals surface area (Å²) in [6, 6.07) is 10.2. The van der Waals surface area contributed by atoms with Gasteiger partial charge in [0.25, 0.3) is 5.91 Å². The lowest BCUT2D eigenvalue weighted by Crippen LogP contribution is -2.48. The maximum atomic E-state index is 12.8. The lowest BCUT2D eigenvalue weighted by atomic mass is 10.2. The van der Waals surface area contributed by atoms with E-state index in [9.17, 15) is 4.79 Å². The first-order chi connectivity index (χ1) is 12.6. The molecule has 0 radical (unpaired) electrons. The van der Waals surface area contributed by atoms with E-state index in [0.29, 0.717) is 24.7 Å². The van der Waals surface area contributed by atoms with Crippen molar-refractivity contribution in [3.8, 4) is 5.75 Å². The molecule has 0 saturated carbocycles. The fraction of sp³-hybridized carbons (Fsp3) is 0.400. The molecular weight excluding hydrogens is 328 g/mol. The first-order valence-corrected chi connectivity index (χ1v) is 8.96. The number of amides is 1. The molecular formula is C20H26N4O2. The maximum Gasteiger partial charge on any atom is 0.255 e. The zero-order chi connectivity index (χ0) is 18.5. The molecule has 0 unspecified atom stereocenters. The van der Waals surface area contributed by atoms with E-state index in [4.69, 9.17) is 4.74 Å². The van der Waals surface area contributed by atoms with E-state index in [0.717, 1.165) is 30.2 Å². The third-order valence-corrected chi connectivity index (χ3v) is 4.44. The Kier molecular flexibility index (Phi) is 5.61.